The molecule has 0 unspecified atom stereocenters. The largest absolute Gasteiger partial charge is 0.324 e. The van der Waals surface area contributed by atoms with Gasteiger partial charge < -0.3 is 4.90 Å². The van der Waals surface area contributed by atoms with Crippen molar-refractivity contribution >= 4 is 11.9 Å². The van der Waals surface area contributed by atoms with Gasteiger partial charge in [0.25, 0.3) is 0 Å². The molecular formula is C10H16N2O2. The molecule has 1 aliphatic heterocycles. The zero-order chi connectivity index (χ0) is 9.97. The molecule has 4 heteroatoms. The Morgan fingerprint density at radius 2 is 1.86 bits per heavy atom. The van der Waals surface area contributed by atoms with Crippen molar-refractivity contribution in [2.45, 2.75) is 44.6 Å². The van der Waals surface area contributed by atoms with Crippen molar-refractivity contribution in [3.05, 3.63) is 0 Å². The van der Waals surface area contributed by atoms with Gasteiger partial charge in [0.1, 0.15) is 0 Å². The van der Waals surface area contributed by atoms with E-state index in [2.05, 4.69) is 5.32 Å². The van der Waals surface area contributed by atoms with Crippen LogP contribution in [0.4, 0.5) is 4.79 Å². The Morgan fingerprint density at radius 3 is 2.50 bits per heavy atom. The van der Waals surface area contributed by atoms with Gasteiger partial charge in [0.15, 0.2) is 0 Å². The van der Waals surface area contributed by atoms with E-state index in [4.69, 9.17) is 0 Å². The molecule has 3 amide bonds. The predicted molar refractivity (Wildman–Crippen MR) is 51.7 cm³/mol. The minimum absolute atomic E-state index is 0.137. The average Bonchev–Trinajstić information content (AvgIpc) is 2.19. The quantitative estimate of drug-likeness (QED) is 0.686. The molecule has 2 rings (SSSR count). The van der Waals surface area contributed by atoms with Crippen molar-refractivity contribution in [3.8, 4) is 0 Å². The first-order chi connectivity index (χ1) is 6.77. The minimum Gasteiger partial charge on any atom is -0.321 e. The highest BCUT2D eigenvalue weighted by atomic mass is 16.2. The Balaban J connectivity index is 1.95. The van der Waals surface area contributed by atoms with Crippen LogP contribution in [0.3, 0.4) is 0 Å². The fraction of sp³-hybridized carbons (Fsp3) is 0.800. The van der Waals surface area contributed by atoms with E-state index in [1.807, 2.05) is 4.90 Å². The van der Waals surface area contributed by atoms with Gasteiger partial charge in [-0.2, -0.15) is 0 Å². The average molecular weight is 196 g/mol. The highest BCUT2D eigenvalue weighted by molar-refractivity contribution is 5.96. The molecule has 1 heterocycles. The predicted octanol–water partition coefficient (Wildman–Crippen LogP) is 1.26. The summed E-state index contributed by atoms with van der Waals surface area (Å²) < 4.78 is 0. The Hall–Kier alpha value is -1.06. The molecule has 14 heavy (non-hydrogen) atoms. The Kier molecular flexibility index (Phi) is 2.70. The van der Waals surface area contributed by atoms with Crippen LogP contribution >= 0.6 is 0 Å². The second kappa shape index (κ2) is 3.98. The van der Waals surface area contributed by atoms with Gasteiger partial charge in [-0.3, -0.25) is 10.1 Å². The smallest absolute Gasteiger partial charge is 0.321 e. The van der Waals surface area contributed by atoms with E-state index < -0.39 is 0 Å². The van der Waals surface area contributed by atoms with Gasteiger partial charge in [-0.05, 0) is 12.8 Å². The summed E-state index contributed by atoms with van der Waals surface area (Å²) >= 11 is 0. The van der Waals surface area contributed by atoms with Gasteiger partial charge in [0, 0.05) is 19.0 Å². The van der Waals surface area contributed by atoms with Crippen LogP contribution in [0.15, 0.2) is 0 Å². The van der Waals surface area contributed by atoms with E-state index in [1.54, 1.807) is 0 Å². The van der Waals surface area contributed by atoms with Crippen molar-refractivity contribution in [2.75, 3.05) is 6.54 Å². The monoisotopic (exact) mass is 196 g/mol. The number of nitrogens with one attached hydrogen (secondary N) is 1. The van der Waals surface area contributed by atoms with Gasteiger partial charge in [-0.15, -0.1) is 0 Å². The Morgan fingerprint density at radius 1 is 1.14 bits per heavy atom. The number of nitrogens with zero attached hydrogens (tertiary/aromatic N) is 1. The van der Waals surface area contributed by atoms with Gasteiger partial charge in [-0.25, -0.2) is 4.79 Å². The van der Waals surface area contributed by atoms with E-state index in [0.717, 1.165) is 12.8 Å². The lowest BCUT2D eigenvalue weighted by atomic mass is 9.94. The number of imide groups is 1. The van der Waals surface area contributed by atoms with Crippen molar-refractivity contribution in [1.82, 2.24) is 10.2 Å². The van der Waals surface area contributed by atoms with E-state index in [0.29, 0.717) is 19.0 Å². The molecule has 0 aromatic carbocycles. The van der Waals surface area contributed by atoms with Crippen LogP contribution in [0.1, 0.15) is 38.5 Å². The molecule has 1 saturated heterocycles. The van der Waals surface area contributed by atoms with Crippen LogP contribution in [0.25, 0.3) is 0 Å². The maximum absolute atomic E-state index is 11.5. The van der Waals surface area contributed by atoms with Gasteiger partial charge in [0.2, 0.25) is 5.91 Å². The lowest BCUT2D eigenvalue weighted by Gasteiger charge is -2.36. The summed E-state index contributed by atoms with van der Waals surface area (Å²) in [6.07, 6.45) is 6.36. The summed E-state index contributed by atoms with van der Waals surface area (Å²) in [5.41, 5.74) is 0. The highest BCUT2D eigenvalue weighted by Crippen LogP contribution is 2.23. The SMILES string of the molecule is O=C1CCN(C2CCCCC2)C(=O)N1. The summed E-state index contributed by atoms with van der Waals surface area (Å²) in [7, 11) is 0. The van der Waals surface area contributed by atoms with Gasteiger partial charge in [0.05, 0.1) is 0 Å². The van der Waals surface area contributed by atoms with Crippen LogP contribution in [0.5, 0.6) is 0 Å². The van der Waals surface area contributed by atoms with Gasteiger partial charge >= 0.3 is 6.03 Å². The molecule has 1 aliphatic carbocycles. The Labute approximate surface area is 83.6 Å². The third-order valence-electron chi connectivity index (χ3n) is 3.10. The molecule has 78 valence electrons. The molecule has 1 saturated carbocycles. The fourth-order valence-electron chi connectivity index (χ4n) is 2.32. The van der Waals surface area contributed by atoms with E-state index in [-0.39, 0.29) is 11.9 Å². The normalized spacial score (nSPS) is 25.0. The molecule has 0 aromatic heterocycles. The molecule has 1 N–H and O–H groups in total. The second-order valence-corrected chi connectivity index (χ2v) is 4.09. The molecule has 0 aromatic rings. The lowest BCUT2D eigenvalue weighted by Crippen LogP contribution is -2.53. The van der Waals surface area contributed by atoms with Crippen LogP contribution in [-0.2, 0) is 4.79 Å². The molecule has 0 atom stereocenters. The van der Waals surface area contributed by atoms with Crippen LogP contribution in [0, 0.1) is 0 Å². The standard InChI is InChI=1S/C10H16N2O2/c13-9-6-7-12(10(14)11-9)8-4-2-1-3-5-8/h8H,1-7H2,(H,11,13,14). The number of carbonyl (C=O) groups excluding carboxylic acids is 2. The summed E-state index contributed by atoms with van der Waals surface area (Å²) in [6.45, 7) is 0.606. The number of carbonyl (C=O) groups is 2. The maximum Gasteiger partial charge on any atom is 0.324 e. The number of hydrogen-bond donors (Lipinski definition) is 1. The first kappa shape index (κ1) is 9.49. The zero-order valence-electron chi connectivity index (χ0n) is 8.29. The van der Waals surface area contributed by atoms with Crippen molar-refractivity contribution in [3.63, 3.8) is 0 Å². The number of urea groups is 1. The third-order valence-corrected chi connectivity index (χ3v) is 3.10. The maximum atomic E-state index is 11.5. The Bertz CT molecular complexity index is 247. The molecule has 2 aliphatic rings. The van der Waals surface area contributed by atoms with Crippen LogP contribution < -0.4 is 5.32 Å². The molecule has 0 bridgehead atoms. The molecule has 4 nitrogen and oxygen atoms in total. The van der Waals surface area contributed by atoms with Gasteiger partial charge in [-0.1, -0.05) is 19.3 Å². The number of hydrogen-bond acceptors (Lipinski definition) is 2. The summed E-state index contributed by atoms with van der Waals surface area (Å²) in [4.78, 5) is 24.3. The summed E-state index contributed by atoms with van der Waals surface area (Å²) in [6, 6.07) is 0.185. The van der Waals surface area contributed by atoms with Crippen LogP contribution in [-0.4, -0.2) is 29.4 Å². The van der Waals surface area contributed by atoms with Crippen LogP contribution in [0.2, 0.25) is 0 Å². The number of amides is 3. The third kappa shape index (κ3) is 1.89. The fourth-order valence-corrected chi connectivity index (χ4v) is 2.32. The van der Waals surface area contributed by atoms with Crippen molar-refractivity contribution < 1.29 is 9.59 Å². The molecule has 0 radical (unpaired) electrons. The summed E-state index contributed by atoms with van der Waals surface area (Å²) in [5.74, 6) is -0.137. The van der Waals surface area contributed by atoms with Crippen molar-refractivity contribution in [1.29, 1.82) is 0 Å². The minimum atomic E-state index is -0.187. The summed E-state index contributed by atoms with van der Waals surface area (Å²) in [5, 5.41) is 2.37. The zero-order valence-corrected chi connectivity index (χ0v) is 8.29. The van der Waals surface area contributed by atoms with E-state index in [9.17, 15) is 9.59 Å². The lowest BCUT2D eigenvalue weighted by molar-refractivity contribution is -0.121. The van der Waals surface area contributed by atoms with Crippen molar-refractivity contribution in [2.24, 2.45) is 0 Å². The first-order valence-electron chi connectivity index (χ1n) is 5.38. The van der Waals surface area contributed by atoms with E-state index >= 15 is 0 Å². The highest BCUT2D eigenvalue weighted by Gasteiger charge is 2.29. The molecule has 0 spiro atoms. The van der Waals surface area contributed by atoms with E-state index in [1.165, 1.54) is 19.3 Å². The number of rotatable bonds is 1. The molecular weight excluding hydrogens is 180 g/mol. The second-order valence-electron chi connectivity index (χ2n) is 4.09. The first-order valence-corrected chi connectivity index (χ1v) is 5.38. The topological polar surface area (TPSA) is 49.4 Å². The molecule has 2 fully saturated rings.